The van der Waals surface area contributed by atoms with Gasteiger partial charge < -0.3 is 16.2 Å². The number of nitrogens with one attached hydrogen (secondary N) is 2. The van der Waals surface area contributed by atoms with E-state index in [1.165, 1.54) is 0 Å². The lowest BCUT2D eigenvalue weighted by Gasteiger charge is -2.33. The van der Waals surface area contributed by atoms with Crippen LogP contribution >= 0.6 is 0 Å². The number of carboxylic acids is 1. The Bertz CT molecular complexity index is 192. The normalized spacial score (nSPS) is 28.7. The Hall–Kier alpha value is -1.26. The van der Waals surface area contributed by atoms with E-state index in [1.54, 1.807) is 0 Å². The molecule has 0 saturated heterocycles. The average molecular weight is 157 g/mol. The Morgan fingerprint density at radius 2 is 2.27 bits per heavy atom. The number of carboxylic acid groups (broad SMARTS) is 1. The molecule has 1 rings (SSSR count). The van der Waals surface area contributed by atoms with E-state index in [9.17, 15) is 4.79 Å². The van der Waals surface area contributed by atoms with Gasteiger partial charge in [-0.3, -0.25) is 10.2 Å². The molecule has 0 aromatic heterocycles. The van der Waals surface area contributed by atoms with Crippen molar-refractivity contribution in [1.29, 1.82) is 5.41 Å². The summed E-state index contributed by atoms with van der Waals surface area (Å²) in [6.45, 7) is 0. The van der Waals surface area contributed by atoms with Crippen molar-refractivity contribution in [3.8, 4) is 0 Å². The molecular weight excluding hydrogens is 146 g/mol. The Morgan fingerprint density at radius 3 is 2.55 bits per heavy atom. The van der Waals surface area contributed by atoms with Gasteiger partial charge in [-0.1, -0.05) is 0 Å². The minimum atomic E-state index is -0.810. The van der Waals surface area contributed by atoms with Crippen molar-refractivity contribution in [3.63, 3.8) is 0 Å². The zero-order valence-electron chi connectivity index (χ0n) is 6.00. The quantitative estimate of drug-likeness (QED) is 0.315. The summed E-state index contributed by atoms with van der Waals surface area (Å²) in [6, 6.07) is -0.134. The third kappa shape index (κ3) is 1.60. The molecule has 1 aliphatic carbocycles. The number of rotatable bonds is 2. The topological polar surface area (TPSA) is 99.2 Å². The van der Waals surface area contributed by atoms with Crippen LogP contribution in [0.5, 0.6) is 0 Å². The molecule has 5 nitrogen and oxygen atoms in total. The van der Waals surface area contributed by atoms with Gasteiger partial charge in [0.05, 0.1) is 5.92 Å². The first-order valence-electron chi connectivity index (χ1n) is 3.44. The number of nitrogens with two attached hydrogens (primary N) is 1. The molecular formula is C6H11N3O2. The van der Waals surface area contributed by atoms with Gasteiger partial charge in [0, 0.05) is 6.04 Å². The van der Waals surface area contributed by atoms with Gasteiger partial charge in [0.25, 0.3) is 0 Å². The van der Waals surface area contributed by atoms with E-state index in [4.69, 9.17) is 16.2 Å². The number of aliphatic carboxylic acids is 1. The Labute approximate surface area is 64.1 Å². The minimum Gasteiger partial charge on any atom is -0.481 e. The van der Waals surface area contributed by atoms with Crippen molar-refractivity contribution in [1.82, 2.24) is 5.32 Å². The Balaban J connectivity index is 2.37. The van der Waals surface area contributed by atoms with Crippen molar-refractivity contribution in [2.45, 2.75) is 18.9 Å². The first-order chi connectivity index (χ1) is 5.11. The van der Waals surface area contributed by atoms with Gasteiger partial charge in [-0.2, -0.15) is 0 Å². The molecule has 5 N–H and O–H groups in total. The lowest BCUT2D eigenvalue weighted by Crippen LogP contribution is -2.51. The molecule has 62 valence electrons. The van der Waals surface area contributed by atoms with E-state index in [0.717, 1.165) is 6.42 Å². The predicted molar refractivity (Wildman–Crippen MR) is 39.2 cm³/mol. The van der Waals surface area contributed by atoms with Crippen LogP contribution in [0.4, 0.5) is 0 Å². The average Bonchev–Trinajstić information content (AvgIpc) is 1.78. The molecule has 2 atom stereocenters. The number of hydrogen-bond donors (Lipinski definition) is 4. The zero-order valence-corrected chi connectivity index (χ0v) is 6.00. The van der Waals surface area contributed by atoms with Crippen LogP contribution in [-0.4, -0.2) is 23.1 Å². The maximum Gasteiger partial charge on any atom is 0.308 e. The first kappa shape index (κ1) is 7.84. The van der Waals surface area contributed by atoms with Gasteiger partial charge >= 0.3 is 5.97 Å². The van der Waals surface area contributed by atoms with Crippen LogP contribution in [0.15, 0.2) is 0 Å². The van der Waals surface area contributed by atoms with Crippen molar-refractivity contribution in [2.75, 3.05) is 0 Å². The van der Waals surface area contributed by atoms with Gasteiger partial charge in [-0.15, -0.1) is 0 Å². The van der Waals surface area contributed by atoms with E-state index in [2.05, 4.69) is 5.32 Å². The highest BCUT2D eigenvalue weighted by Gasteiger charge is 2.36. The molecule has 0 heterocycles. The van der Waals surface area contributed by atoms with Crippen LogP contribution in [0.3, 0.4) is 0 Å². The highest BCUT2D eigenvalue weighted by molar-refractivity contribution is 5.77. The summed E-state index contributed by atoms with van der Waals surface area (Å²) in [5.74, 6) is -1.32. The summed E-state index contributed by atoms with van der Waals surface area (Å²) in [4.78, 5) is 10.4. The summed E-state index contributed by atoms with van der Waals surface area (Å²) in [5, 5.41) is 18.0. The molecule has 1 saturated carbocycles. The molecule has 0 bridgehead atoms. The summed E-state index contributed by atoms with van der Waals surface area (Å²) >= 11 is 0. The second-order valence-corrected chi connectivity index (χ2v) is 2.69. The summed E-state index contributed by atoms with van der Waals surface area (Å²) in [6.07, 6.45) is 1.47. The molecule has 0 aromatic rings. The lowest BCUT2D eigenvalue weighted by molar-refractivity contribution is -0.145. The van der Waals surface area contributed by atoms with Crippen molar-refractivity contribution in [3.05, 3.63) is 0 Å². The van der Waals surface area contributed by atoms with Crippen LogP contribution in [0.2, 0.25) is 0 Å². The zero-order chi connectivity index (χ0) is 8.43. The second kappa shape index (κ2) is 2.77. The van der Waals surface area contributed by atoms with Crippen molar-refractivity contribution < 1.29 is 9.90 Å². The monoisotopic (exact) mass is 157 g/mol. The Morgan fingerprint density at radius 1 is 1.64 bits per heavy atom. The molecule has 0 spiro atoms. The van der Waals surface area contributed by atoms with E-state index in [0.29, 0.717) is 6.42 Å². The molecule has 11 heavy (non-hydrogen) atoms. The highest BCUT2D eigenvalue weighted by atomic mass is 16.4. The SMILES string of the molecule is N=C(N)N[C@H]1CC[C@H]1C(=O)O. The fraction of sp³-hybridized carbons (Fsp3) is 0.667. The third-order valence-electron chi connectivity index (χ3n) is 1.93. The van der Waals surface area contributed by atoms with Crippen LogP contribution in [-0.2, 0) is 4.79 Å². The number of carbonyl (C=O) groups is 1. The molecule has 0 amide bonds. The van der Waals surface area contributed by atoms with Crippen LogP contribution in [0.25, 0.3) is 0 Å². The molecule has 1 fully saturated rings. The maximum atomic E-state index is 10.4. The van der Waals surface area contributed by atoms with E-state index >= 15 is 0 Å². The molecule has 0 radical (unpaired) electrons. The molecule has 1 aliphatic rings. The summed E-state index contributed by atoms with van der Waals surface area (Å²) in [5.41, 5.74) is 5.04. The number of hydrogen-bond acceptors (Lipinski definition) is 2. The standard InChI is InChI=1S/C6H11N3O2/c7-6(8)9-4-2-1-3(4)5(10)11/h3-4H,1-2H2,(H,10,11)(H4,7,8,9)/t3-,4+/m1/s1. The highest BCUT2D eigenvalue weighted by Crippen LogP contribution is 2.27. The van der Waals surface area contributed by atoms with Gasteiger partial charge in [0.2, 0.25) is 0 Å². The Kier molecular flexibility index (Phi) is 1.98. The predicted octanol–water partition coefficient (Wildman–Crippen LogP) is -0.667. The fourth-order valence-corrected chi connectivity index (χ4v) is 1.17. The van der Waals surface area contributed by atoms with Crippen LogP contribution in [0, 0.1) is 11.3 Å². The largest absolute Gasteiger partial charge is 0.481 e. The van der Waals surface area contributed by atoms with Gasteiger partial charge in [0.15, 0.2) is 5.96 Å². The first-order valence-corrected chi connectivity index (χ1v) is 3.44. The fourth-order valence-electron chi connectivity index (χ4n) is 1.17. The van der Waals surface area contributed by atoms with Crippen LogP contribution < -0.4 is 11.1 Å². The molecule has 5 heteroatoms. The minimum absolute atomic E-state index is 0.134. The van der Waals surface area contributed by atoms with Gasteiger partial charge in [0.1, 0.15) is 0 Å². The smallest absolute Gasteiger partial charge is 0.308 e. The maximum absolute atomic E-state index is 10.4. The van der Waals surface area contributed by atoms with Crippen molar-refractivity contribution >= 4 is 11.9 Å². The van der Waals surface area contributed by atoms with Gasteiger partial charge in [-0.05, 0) is 12.8 Å². The third-order valence-corrected chi connectivity index (χ3v) is 1.93. The van der Waals surface area contributed by atoms with Crippen molar-refractivity contribution in [2.24, 2.45) is 11.7 Å². The van der Waals surface area contributed by atoms with Crippen LogP contribution in [0.1, 0.15) is 12.8 Å². The number of guanidine groups is 1. The summed E-state index contributed by atoms with van der Waals surface area (Å²) < 4.78 is 0. The molecule has 0 aliphatic heterocycles. The van der Waals surface area contributed by atoms with Gasteiger partial charge in [-0.25, -0.2) is 0 Å². The summed E-state index contributed by atoms with van der Waals surface area (Å²) in [7, 11) is 0. The van der Waals surface area contributed by atoms with E-state index in [-0.39, 0.29) is 17.9 Å². The lowest BCUT2D eigenvalue weighted by atomic mass is 9.80. The second-order valence-electron chi connectivity index (χ2n) is 2.69. The van der Waals surface area contributed by atoms with E-state index < -0.39 is 5.97 Å². The van der Waals surface area contributed by atoms with E-state index in [1.807, 2.05) is 0 Å². The molecule has 0 aromatic carbocycles. The molecule has 0 unspecified atom stereocenters.